The molecule has 0 fully saturated rings. The van der Waals surface area contributed by atoms with Crippen molar-refractivity contribution in [3.05, 3.63) is 95.1 Å². The number of rotatable bonds is 6. The van der Waals surface area contributed by atoms with Crippen LogP contribution in [0.3, 0.4) is 0 Å². The zero-order chi connectivity index (χ0) is 16.7. The second-order valence-corrected chi connectivity index (χ2v) is 6.35. The van der Waals surface area contributed by atoms with Gasteiger partial charge in [-0.3, -0.25) is 0 Å². The molecule has 0 N–H and O–H groups in total. The molecule has 0 spiro atoms. The normalized spacial score (nSPS) is 12.8. The van der Waals surface area contributed by atoms with Gasteiger partial charge in [0.1, 0.15) is 0 Å². The molecule has 0 heterocycles. The molecule has 0 aliphatic rings. The van der Waals surface area contributed by atoms with Crippen molar-refractivity contribution in [2.24, 2.45) is 5.92 Å². The second kappa shape index (κ2) is 8.33. The summed E-state index contributed by atoms with van der Waals surface area (Å²) in [4.78, 5) is 0. The van der Waals surface area contributed by atoms with E-state index >= 15 is 0 Å². The van der Waals surface area contributed by atoms with Gasteiger partial charge in [0.15, 0.2) is 0 Å². The largest absolute Gasteiger partial charge is 0.0958 e. The van der Waals surface area contributed by atoms with E-state index in [-0.39, 0.29) is 0 Å². The van der Waals surface area contributed by atoms with Gasteiger partial charge in [-0.25, -0.2) is 0 Å². The van der Waals surface area contributed by atoms with Crippen molar-refractivity contribution in [1.29, 1.82) is 0 Å². The summed E-state index contributed by atoms with van der Waals surface area (Å²) in [5.41, 5.74) is 6.22. The Labute approximate surface area is 140 Å². The Morgan fingerprint density at radius 2 is 1.35 bits per heavy atom. The highest BCUT2D eigenvalue weighted by Gasteiger charge is 1.99. The van der Waals surface area contributed by atoms with Gasteiger partial charge in [0, 0.05) is 0 Å². The van der Waals surface area contributed by atoms with Gasteiger partial charge in [-0.15, -0.1) is 0 Å². The maximum Gasteiger partial charge on any atom is -0.0218 e. The number of aryl methyl sites for hydroxylation is 2. The smallest absolute Gasteiger partial charge is 0.0218 e. The maximum absolute atomic E-state index is 4.17. The molecular formula is C23H26. The van der Waals surface area contributed by atoms with E-state index in [0.29, 0.717) is 5.92 Å². The van der Waals surface area contributed by atoms with E-state index < -0.39 is 0 Å². The molecule has 0 aliphatic heterocycles. The minimum atomic E-state index is 0.478. The molecule has 23 heavy (non-hydrogen) atoms. The molecule has 2 rings (SSSR count). The molecule has 0 aromatic heterocycles. The van der Waals surface area contributed by atoms with E-state index in [1.165, 1.54) is 22.3 Å². The fraction of sp³-hybridized carbons (Fsp3) is 0.217. The van der Waals surface area contributed by atoms with E-state index in [4.69, 9.17) is 0 Å². The molecule has 2 aromatic carbocycles. The van der Waals surface area contributed by atoms with E-state index in [1.807, 2.05) is 0 Å². The fourth-order valence-electron chi connectivity index (χ4n) is 2.39. The Kier molecular flexibility index (Phi) is 6.17. The van der Waals surface area contributed by atoms with Crippen LogP contribution in [0.15, 0.2) is 72.8 Å². The van der Waals surface area contributed by atoms with E-state index in [1.54, 1.807) is 0 Å². The molecule has 1 atom stereocenters. The van der Waals surface area contributed by atoms with Gasteiger partial charge in [-0.2, -0.15) is 0 Å². The zero-order valence-corrected chi connectivity index (χ0v) is 14.4. The lowest BCUT2D eigenvalue weighted by Crippen LogP contribution is -1.90. The highest BCUT2D eigenvalue weighted by Crippen LogP contribution is 2.16. The molecule has 2 aromatic rings. The summed E-state index contributed by atoms with van der Waals surface area (Å²) in [6.45, 7) is 10.6. The van der Waals surface area contributed by atoms with Gasteiger partial charge < -0.3 is 0 Å². The van der Waals surface area contributed by atoms with Crippen molar-refractivity contribution in [2.75, 3.05) is 0 Å². The summed E-state index contributed by atoms with van der Waals surface area (Å²) in [6, 6.07) is 17.2. The zero-order valence-electron chi connectivity index (χ0n) is 14.4. The second-order valence-electron chi connectivity index (χ2n) is 6.35. The van der Waals surface area contributed by atoms with Crippen LogP contribution in [-0.4, -0.2) is 0 Å². The average Bonchev–Trinajstić information content (AvgIpc) is 2.54. The predicted octanol–water partition coefficient (Wildman–Crippen LogP) is 6.61. The van der Waals surface area contributed by atoms with E-state index in [0.717, 1.165) is 12.0 Å². The van der Waals surface area contributed by atoms with Crippen LogP contribution in [-0.2, 0) is 0 Å². The molecule has 0 aliphatic carbocycles. The highest BCUT2D eigenvalue weighted by molar-refractivity contribution is 5.53. The summed E-state index contributed by atoms with van der Waals surface area (Å²) in [6.07, 6.45) is 9.69. The van der Waals surface area contributed by atoms with Gasteiger partial charge in [-0.05, 0) is 37.3 Å². The van der Waals surface area contributed by atoms with Crippen molar-refractivity contribution >= 4 is 12.2 Å². The lowest BCUT2D eigenvalue weighted by atomic mass is 9.99. The van der Waals surface area contributed by atoms with Crippen LogP contribution >= 0.6 is 0 Å². The van der Waals surface area contributed by atoms with Gasteiger partial charge in [-0.1, -0.05) is 103 Å². The monoisotopic (exact) mass is 302 g/mol. The third-order valence-corrected chi connectivity index (χ3v) is 3.87. The molecule has 1 unspecified atom stereocenters. The lowest BCUT2D eigenvalue weighted by molar-refractivity contribution is 0.732. The topological polar surface area (TPSA) is 0 Å². The van der Waals surface area contributed by atoms with Crippen LogP contribution in [0, 0.1) is 19.8 Å². The van der Waals surface area contributed by atoms with Crippen molar-refractivity contribution in [2.45, 2.75) is 27.2 Å². The molecule has 0 radical (unpaired) electrons. The lowest BCUT2D eigenvalue weighted by Gasteiger charge is -2.06. The highest BCUT2D eigenvalue weighted by atomic mass is 14.0. The number of hydrogen-bond donors (Lipinski definition) is 0. The standard InChI is InChI=1S/C23H26/c1-18-5-11-22(12-6-18)15-9-20(3)17-21(4)10-16-23-13-7-19(2)8-14-23/h5-16,21H,3,17H2,1-2,4H3/b15-9+,16-10+. The van der Waals surface area contributed by atoms with Crippen LogP contribution in [0.2, 0.25) is 0 Å². The molecule has 118 valence electrons. The van der Waals surface area contributed by atoms with Crippen LogP contribution in [0.1, 0.15) is 35.6 Å². The number of hydrogen-bond acceptors (Lipinski definition) is 0. The predicted molar refractivity (Wildman–Crippen MR) is 103 cm³/mol. The quantitative estimate of drug-likeness (QED) is 0.526. The van der Waals surface area contributed by atoms with Crippen LogP contribution < -0.4 is 0 Å². The molecule has 0 saturated carbocycles. The first-order chi connectivity index (χ1) is 11.0. The molecule has 0 saturated heterocycles. The van der Waals surface area contributed by atoms with Crippen molar-refractivity contribution in [3.63, 3.8) is 0 Å². The van der Waals surface area contributed by atoms with Crippen LogP contribution in [0.25, 0.3) is 12.2 Å². The van der Waals surface area contributed by atoms with E-state index in [9.17, 15) is 0 Å². The Balaban J connectivity index is 1.86. The SMILES string of the molecule is C=C(/C=C/c1ccc(C)cc1)CC(C)/C=C/c1ccc(C)cc1. The summed E-state index contributed by atoms with van der Waals surface area (Å²) in [7, 11) is 0. The Morgan fingerprint density at radius 1 is 0.870 bits per heavy atom. The Morgan fingerprint density at radius 3 is 1.87 bits per heavy atom. The Hall–Kier alpha value is -2.34. The van der Waals surface area contributed by atoms with Crippen molar-refractivity contribution < 1.29 is 0 Å². The third-order valence-electron chi connectivity index (χ3n) is 3.87. The molecule has 0 heteroatoms. The van der Waals surface area contributed by atoms with Crippen molar-refractivity contribution in [1.82, 2.24) is 0 Å². The third kappa shape index (κ3) is 6.12. The van der Waals surface area contributed by atoms with Crippen LogP contribution in [0.4, 0.5) is 0 Å². The van der Waals surface area contributed by atoms with Crippen LogP contribution in [0.5, 0.6) is 0 Å². The van der Waals surface area contributed by atoms with Crippen molar-refractivity contribution in [3.8, 4) is 0 Å². The summed E-state index contributed by atoms with van der Waals surface area (Å²) < 4.78 is 0. The first-order valence-corrected chi connectivity index (χ1v) is 8.20. The maximum atomic E-state index is 4.17. The van der Waals surface area contributed by atoms with Gasteiger partial charge in [0.2, 0.25) is 0 Å². The van der Waals surface area contributed by atoms with E-state index in [2.05, 4.69) is 100 Å². The summed E-state index contributed by atoms with van der Waals surface area (Å²) in [5, 5.41) is 0. The number of allylic oxidation sites excluding steroid dienone is 3. The first kappa shape index (κ1) is 17.0. The van der Waals surface area contributed by atoms with Gasteiger partial charge >= 0.3 is 0 Å². The fourth-order valence-corrected chi connectivity index (χ4v) is 2.39. The molecule has 0 amide bonds. The van der Waals surface area contributed by atoms with Gasteiger partial charge in [0.05, 0.1) is 0 Å². The molecular weight excluding hydrogens is 276 g/mol. The minimum absolute atomic E-state index is 0.478. The summed E-state index contributed by atoms with van der Waals surface area (Å²) >= 11 is 0. The average molecular weight is 302 g/mol. The minimum Gasteiger partial charge on any atom is -0.0958 e. The molecule has 0 nitrogen and oxygen atoms in total. The summed E-state index contributed by atoms with van der Waals surface area (Å²) in [5.74, 6) is 0.478. The number of benzene rings is 2. The van der Waals surface area contributed by atoms with Gasteiger partial charge in [0.25, 0.3) is 0 Å². The first-order valence-electron chi connectivity index (χ1n) is 8.20. The Bertz CT molecular complexity index is 682. The molecule has 0 bridgehead atoms.